The van der Waals surface area contributed by atoms with Crippen LogP contribution in [-0.4, -0.2) is 48.0 Å². The van der Waals surface area contributed by atoms with Gasteiger partial charge < -0.3 is 10.2 Å². The first-order chi connectivity index (χ1) is 11.8. The van der Waals surface area contributed by atoms with E-state index >= 15 is 0 Å². The van der Waals surface area contributed by atoms with Crippen molar-refractivity contribution in [1.82, 2.24) is 10.2 Å². The molecule has 0 heterocycles. The van der Waals surface area contributed by atoms with Gasteiger partial charge in [0.25, 0.3) is 5.69 Å². The molecule has 0 bridgehead atoms. The van der Waals surface area contributed by atoms with Crippen LogP contribution in [0.3, 0.4) is 0 Å². The molecule has 2 amide bonds. The Kier molecular flexibility index (Phi) is 8.98. The van der Waals surface area contributed by atoms with Crippen LogP contribution in [0.2, 0.25) is 0 Å². The molecule has 0 spiro atoms. The molecule has 1 atom stereocenters. The largest absolute Gasteiger partial charge is 0.355 e. The first-order valence-corrected chi connectivity index (χ1v) is 9.26. The van der Waals surface area contributed by atoms with E-state index in [4.69, 9.17) is 0 Å². The minimum Gasteiger partial charge on any atom is -0.355 e. The number of para-hydroxylation sites is 1. The van der Waals surface area contributed by atoms with Crippen molar-refractivity contribution in [3.63, 3.8) is 0 Å². The van der Waals surface area contributed by atoms with Crippen molar-refractivity contribution in [1.29, 1.82) is 0 Å². The van der Waals surface area contributed by atoms with Crippen LogP contribution in [0.25, 0.3) is 0 Å². The Labute approximate surface area is 152 Å². The highest BCUT2D eigenvalue weighted by Gasteiger charge is 2.16. The molecule has 1 aromatic carbocycles. The monoisotopic (exact) mass is 367 g/mol. The predicted molar refractivity (Wildman–Crippen MR) is 99.4 cm³/mol. The normalized spacial score (nSPS) is 11.6. The molecule has 1 N–H and O–H groups in total. The van der Waals surface area contributed by atoms with E-state index in [0.29, 0.717) is 36.5 Å². The van der Waals surface area contributed by atoms with Crippen molar-refractivity contribution in [2.24, 2.45) is 5.92 Å². The van der Waals surface area contributed by atoms with Crippen LogP contribution in [0, 0.1) is 16.0 Å². The molecule has 0 aliphatic rings. The third-order valence-electron chi connectivity index (χ3n) is 3.68. The number of thioether (sulfide) groups is 1. The third kappa shape index (κ3) is 7.55. The van der Waals surface area contributed by atoms with Crippen molar-refractivity contribution in [3.05, 3.63) is 39.9 Å². The van der Waals surface area contributed by atoms with Gasteiger partial charge in [-0.15, -0.1) is 0 Å². The number of nitrogens with one attached hydrogen (secondary N) is 1. The van der Waals surface area contributed by atoms with E-state index in [1.807, 2.05) is 6.92 Å². The van der Waals surface area contributed by atoms with Crippen molar-refractivity contribution in [3.8, 4) is 0 Å². The van der Waals surface area contributed by atoms with E-state index in [-0.39, 0.29) is 28.3 Å². The second-order valence-corrected chi connectivity index (χ2v) is 7.07. The lowest BCUT2D eigenvalue weighted by Crippen LogP contribution is -2.30. The van der Waals surface area contributed by atoms with E-state index < -0.39 is 0 Å². The molecule has 1 aromatic rings. The van der Waals surface area contributed by atoms with Gasteiger partial charge in [0, 0.05) is 56.1 Å². The topological polar surface area (TPSA) is 92.5 Å². The average molecular weight is 367 g/mol. The summed E-state index contributed by atoms with van der Waals surface area (Å²) < 4.78 is 0. The van der Waals surface area contributed by atoms with Gasteiger partial charge in [-0.25, -0.2) is 0 Å². The number of rotatable bonds is 10. The standard InChI is InChI=1S/C17H25N3O4S/c1-13(17(22)19(2)3)8-9-16(21)18-10-11-25-12-14-6-4-5-7-15(14)20(23)24/h4-7,13H,8-12H2,1-3H3,(H,18,21). The number of carbonyl (C=O) groups is 2. The van der Waals surface area contributed by atoms with E-state index in [9.17, 15) is 19.7 Å². The number of benzene rings is 1. The molecule has 1 rings (SSSR count). The molecule has 0 radical (unpaired) electrons. The maximum absolute atomic E-state index is 11.8. The summed E-state index contributed by atoms with van der Waals surface area (Å²) in [6.45, 7) is 2.32. The molecule has 138 valence electrons. The molecular formula is C17H25N3O4S. The van der Waals surface area contributed by atoms with Crippen molar-refractivity contribution in [2.45, 2.75) is 25.5 Å². The van der Waals surface area contributed by atoms with Gasteiger partial charge in [0.2, 0.25) is 11.8 Å². The highest BCUT2D eigenvalue weighted by Crippen LogP contribution is 2.22. The maximum atomic E-state index is 11.8. The average Bonchev–Trinajstić information content (AvgIpc) is 2.58. The molecule has 1 unspecified atom stereocenters. The fourth-order valence-corrected chi connectivity index (χ4v) is 3.11. The highest BCUT2D eigenvalue weighted by atomic mass is 32.2. The summed E-state index contributed by atoms with van der Waals surface area (Å²) >= 11 is 1.53. The number of carbonyl (C=O) groups excluding carboxylic acids is 2. The lowest BCUT2D eigenvalue weighted by atomic mass is 10.0. The molecule has 0 fully saturated rings. The Hall–Kier alpha value is -2.09. The second-order valence-electron chi connectivity index (χ2n) is 5.96. The van der Waals surface area contributed by atoms with Crippen LogP contribution in [0.1, 0.15) is 25.3 Å². The fourth-order valence-electron chi connectivity index (χ4n) is 2.26. The van der Waals surface area contributed by atoms with Crippen molar-refractivity contribution >= 4 is 29.3 Å². The SMILES string of the molecule is CC(CCC(=O)NCCSCc1ccccc1[N+](=O)[O-])C(=O)N(C)C. The number of nitrogens with zero attached hydrogens (tertiary/aromatic N) is 2. The highest BCUT2D eigenvalue weighted by molar-refractivity contribution is 7.98. The van der Waals surface area contributed by atoms with Crippen LogP contribution in [0.4, 0.5) is 5.69 Å². The van der Waals surface area contributed by atoms with Gasteiger partial charge in [-0.1, -0.05) is 25.1 Å². The first-order valence-electron chi connectivity index (χ1n) is 8.10. The number of nitro groups is 1. The van der Waals surface area contributed by atoms with E-state index in [1.54, 1.807) is 32.3 Å². The van der Waals surface area contributed by atoms with Gasteiger partial charge in [-0.2, -0.15) is 11.8 Å². The second kappa shape index (κ2) is 10.7. The smallest absolute Gasteiger partial charge is 0.273 e. The van der Waals surface area contributed by atoms with Crippen LogP contribution < -0.4 is 5.32 Å². The van der Waals surface area contributed by atoms with Gasteiger partial charge in [-0.05, 0) is 6.42 Å². The van der Waals surface area contributed by atoms with Crippen LogP contribution >= 0.6 is 11.8 Å². The van der Waals surface area contributed by atoms with Gasteiger partial charge >= 0.3 is 0 Å². The quantitative estimate of drug-likeness (QED) is 0.389. The molecule has 0 aromatic heterocycles. The zero-order valence-electron chi connectivity index (χ0n) is 14.9. The van der Waals surface area contributed by atoms with Gasteiger partial charge in [-0.3, -0.25) is 19.7 Å². The predicted octanol–water partition coefficient (Wildman–Crippen LogP) is 2.45. The summed E-state index contributed by atoms with van der Waals surface area (Å²) in [6, 6.07) is 6.66. The zero-order chi connectivity index (χ0) is 18.8. The first kappa shape index (κ1) is 21.0. The summed E-state index contributed by atoms with van der Waals surface area (Å²) in [5, 5.41) is 13.7. The van der Waals surface area contributed by atoms with Crippen LogP contribution in [0.15, 0.2) is 24.3 Å². The van der Waals surface area contributed by atoms with Gasteiger partial charge in [0.1, 0.15) is 0 Å². The molecule has 0 saturated heterocycles. The maximum Gasteiger partial charge on any atom is 0.273 e. The molecule has 0 saturated carbocycles. The Balaban J connectivity index is 2.22. The van der Waals surface area contributed by atoms with Crippen LogP contribution in [-0.2, 0) is 15.3 Å². The van der Waals surface area contributed by atoms with Crippen LogP contribution in [0.5, 0.6) is 0 Å². The number of hydrogen-bond donors (Lipinski definition) is 1. The number of nitro benzene ring substituents is 1. The molecular weight excluding hydrogens is 342 g/mol. The number of hydrogen-bond acceptors (Lipinski definition) is 5. The minimum absolute atomic E-state index is 0.0211. The third-order valence-corrected chi connectivity index (χ3v) is 4.69. The zero-order valence-corrected chi connectivity index (χ0v) is 15.7. The van der Waals surface area contributed by atoms with E-state index in [1.165, 1.54) is 22.7 Å². The summed E-state index contributed by atoms with van der Waals surface area (Å²) in [5.74, 6) is 0.969. The molecule has 25 heavy (non-hydrogen) atoms. The molecule has 8 heteroatoms. The Morgan fingerprint density at radius 3 is 2.64 bits per heavy atom. The molecule has 7 nitrogen and oxygen atoms in total. The van der Waals surface area contributed by atoms with Crippen molar-refractivity contribution in [2.75, 3.05) is 26.4 Å². The summed E-state index contributed by atoms with van der Waals surface area (Å²) in [7, 11) is 3.40. The van der Waals surface area contributed by atoms with E-state index in [0.717, 1.165) is 0 Å². The lowest BCUT2D eigenvalue weighted by Gasteiger charge is -2.16. The fraction of sp³-hybridized carbons (Fsp3) is 0.529. The minimum atomic E-state index is -0.381. The van der Waals surface area contributed by atoms with Gasteiger partial charge in [0.15, 0.2) is 0 Å². The summed E-state index contributed by atoms with van der Waals surface area (Å²) in [6.07, 6.45) is 0.835. The van der Waals surface area contributed by atoms with Gasteiger partial charge in [0.05, 0.1) is 4.92 Å². The summed E-state index contributed by atoms with van der Waals surface area (Å²) in [4.78, 5) is 35.6. The molecule has 0 aliphatic heterocycles. The summed E-state index contributed by atoms with van der Waals surface area (Å²) in [5.41, 5.74) is 0.804. The van der Waals surface area contributed by atoms with E-state index in [2.05, 4.69) is 5.32 Å². The van der Waals surface area contributed by atoms with Crippen molar-refractivity contribution < 1.29 is 14.5 Å². The Morgan fingerprint density at radius 2 is 2.00 bits per heavy atom. The number of amides is 2. The lowest BCUT2D eigenvalue weighted by molar-refractivity contribution is -0.385. The Bertz CT molecular complexity index is 607. The molecule has 0 aliphatic carbocycles. The Morgan fingerprint density at radius 1 is 1.32 bits per heavy atom.